The van der Waals surface area contributed by atoms with E-state index in [1.807, 2.05) is 20.2 Å². The molecule has 0 bridgehead atoms. The lowest BCUT2D eigenvalue weighted by Gasteiger charge is -2.10. The second-order valence-electron chi connectivity index (χ2n) is 4.84. The van der Waals surface area contributed by atoms with Crippen LogP contribution in [0.15, 0.2) is 35.5 Å². The Morgan fingerprint density at radius 3 is 2.78 bits per heavy atom. The van der Waals surface area contributed by atoms with Gasteiger partial charge < -0.3 is 10.1 Å². The number of hydrogen-bond acceptors (Lipinski definition) is 5. The molecular formula is C15H14BrN5O2. The zero-order valence-electron chi connectivity index (χ0n) is 12.6. The van der Waals surface area contributed by atoms with E-state index in [1.165, 1.54) is 12.4 Å². The van der Waals surface area contributed by atoms with Gasteiger partial charge in [0, 0.05) is 24.7 Å². The Hall–Kier alpha value is -2.48. The van der Waals surface area contributed by atoms with Crippen LogP contribution in [0.1, 0.15) is 17.3 Å². The molecule has 118 valence electrons. The van der Waals surface area contributed by atoms with E-state index in [-0.39, 0.29) is 5.91 Å². The minimum atomic E-state index is -0.287. The number of aromatic nitrogens is 4. The van der Waals surface area contributed by atoms with Crippen molar-refractivity contribution in [3.8, 4) is 5.75 Å². The summed E-state index contributed by atoms with van der Waals surface area (Å²) in [5.74, 6) is 0.208. The Labute approximate surface area is 140 Å². The summed E-state index contributed by atoms with van der Waals surface area (Å²) in [6.07, 6.45) is 4.90. The molecule has 0 aliphatic rings. The van der Waals surface area contributed by atoms with Crippen LogP contribution in [0.25, 0.3) is 10.9 Å². The fourth-order valence-corrected chi connectivity index (χ4v) is 2.41. The van der Waals surface area contributed by atoms with Crippen LogP contribution in [0.5, 0.6) is 5.75 Å². The van der Waals surface area contributed by atoms with Crippen LogP contribution >= 0.6 is 15.9 Å². The number of nitrogens with one attached hydrogen (secondary N) is 1. The highest BCUT2D eigenvalue weighted by Gasteiger charge is 2.16. The van der Waals surface area contributed by atoms with Crippen LogP contribution < -0.4 is 10.1 Å². The van der Waals surface area contributed by atoms with Gasteiger partial charge in [0.15, 0.2) is 4.73 Å². The molecule has 0 spiro atoms. The summed E-state index contributed by atoms with van der Waals surface area (Å²) in [6.45, 7) is 2.33. The summed E-state index contributed by atoms with van der Waals surface area (Å²) in [4.78, 5) is 20.5. The van der Waals surface area contributed by atoms with E-state index >= 15 is 0 Å². The molecule has 1 N–H and O–H groups in total. The second-order valence-corrected chi connectivity index (χ2v) is 5.55. The van der Waals surface area contributed by atoms with Gasteiger partial charge in [-0.05, 0) is 28.9 Å². The molecule has 23 heavy (non-hydrogen) atoms. The third-order valence-corrected chi connectivity index (χ3v) is 3.55. The number of rotatable bonds is 4. The van der Waals surface area contributed by atoms with Crippen LogP contribution in [0, 0.1) is 0 Å². The summed E-state index contributed by atoms with van der Waals surface area (Å²) >= 11 is 3.15. The Morgan fingerprint density at radius 1 is 1.35 bits per heavy atom. The summed E-state index contributed by atoms with van der Waals surface area (Å²) < 4.78 is 7.74. The Balaban J connectivity index is 1.97. The number of benzene rings is 1. The molecule has 0 aliphatic heterocycles. The van der Waals surface area contributed by atoms with Gasteiger partial charge in [-0.3, -0.25) is 9.48 Å². The van der Waals surface area contributed by atoms with E-state index in [9.17, 15) is 4.79 Å². The molecule has 1 amide bonds. The minimum Gasteiger partial charge on any atom is -0.493 e. The highest BCUT2D eigenvalue weighted by molar-refractivity contribution is 9.10. The van der Waals surface area contributed by atoms with Crippen molar-refractivity contribution in [1.29, 1.82) is 0 Å². The molecule has 0 radical (unpaired) electrons. The zero-order chi connectivity index (χ0) is 16.4. The largest absolute Gasteiger partial charge is 0.493 e. The number of ether oxygens (including phenoxy) is 1. The number of hydrogen-bond donors (Lipinski definition) is 1. The smallest absolute Gasteiger partial charge is 0.259 e. The first kappa shape index (κ1) is 15.4. The lowest BCUT2D eigenvalue weighted by atomic mass is 10.1. The maximum atomic E-state index is 12.6. The maximum absolute atomic E-state index is 12.6. The standard InChI is InChI=1S/C15H14BrN5O2/c1-3-23-13-5-12-9(8-21(2)20-12)4-11(13)14(22)19-10-6-17-15(16)18-7-10/h4-8H,3H2,1-2H3,(H,19,22). The zero-order valence-corrected chi connectivity index (χ0v) is 14.2. The van der Waals surface area contributed by atoms with Crippen molar-refractivity contribution in [1.82, 2.24) is 19.7 Å². The molecule has 0 saturated carbocycles. The first-order chi connectivity index (χ1) is 11.1. The molecule has 2 heterocycles. The summed E-state index contributed by atoms with van der Waals surface area (Å²) in [5, 5.41) is 7.96. The number of anilines is 1. The van der Waals surface area contributed by atoms with Crippen molar-refractivity contribution in [2.45, 2.75) is 6.92 Å². The van der Waals surface area contributed by atoms with Gasteiger partial charge in [-0.2, -0.15) is 5.10 Å². The number of amides is 1. The number of fused-ring (bicyclic) bond motifs is 1. The molecule has 0 aliphatic carbocycles. The van der Waals surface area contributed by atoms with Crippen molar-refractivity contribution in [2.75, 3.05) is 11.9 Å². The molecule has 0 fully saturated rings. The van der Waals surface area contributed by atoms with Gasteiger partial charge in [0.25, 0.3) is 5.91 Å². The normalized spacial score (nSPS) is 10.7. The van der Waals surface area contributed by atoms with Gasteiger partial charge in [0.1, 0.15) is 5.75 Å². The average Bonchev–Trinajstić information content (AvgIpc) is 2.88. The molecule has 3 aromatic rings. The van der Waals surface area contributed by atoms with Crippen molar-refractivity contribution in [3.63, 3.8) is 0 Å². The van der Waals surface area contributed by atoms with Crippen molar-refractivity contribution >= 4 is 38.4 Å². The molecular weight excluding hydrogens is 362 g/mol. The van der Waals surface area contributed by atoms with Crippen LogP contribution in [0.3, 0.4) is 0 Å². The highest BCUT2D eigenvalue weighted by Crippen LogP contribution is 2.26. The van der Waals surface area contributed by atoms with Gasteiger partial charge >= 0.3 is 0 Å². The molecule has 2 aromatic heterocycles. The quantitative estimate of drug-likeness (QED) is 0.709. The minimum absolute atomic E-state index is 0.287. The van der Waals surface area contributed by atoms with E-state index in [0.29, 0.717) is 28.3 Å². The molecule has 3 rings (SSSR count). The number of nitrogens with zero attached hydrogens (tertiary/aromatic N) is 4. The lowest BCUT2D eigenvalue weighted by Crippen LogP contribution is -2.14. The van der Waals surface area contributed by atoms with Gasteiger partial charge in [0.2, 0.25) is 0 Å². The van der Waals surface area contributed by atoms with Crippen LogP contribution in [0.4, 0.5) is 5.69 Å². The highest BCUT2D eigenvalue weighted by atomic mass is 79.9. The predicted molar refractivity (Wildman–Crippen MR) is 89.6 cm³/mol. The number of halogens is 1. The van der Waals surface area contributed by atoms with E-state index in [1.54, 1.807) is 16.8 Å². The molecule has 7 nitrogen and oxygen atoms in total. The first-order valence-electron chi connectivity index (χ1n) is 6.96. The van der Waals surface area contributed by atoms with Crippen LogP contribution in [-0.2, 0) is 7.05 Å². The fourth-order valence-electron chi connectivity index (χ4n) is 2.20. The summed E-state index contributed by atoms with van der Waals surface area (Å²) in [6, 6.07) is 3.54. The molecule has 0 saturated heterocycles. The van der Waals surface area contributed by atoms with E-state index in [4.69, 9.17) is 4.74 Å². The predicted octanol–water partition coefficient (Wildman–Crippen LogP) is 2.78. The Bertz CT molecular complexity index is 860. The number of carbonyl (C=O) groups excluding carboxylic acids is 1. The van der Waals surface area contributed by atoms with Crippen molar-refractivity contribution < 1.29 is 9.53 Å². The van der Waals surface area contributed by atoms with E-state index < -0.39 is 0 Å². The van der Waals surface area contributed by atoms with Gasteiger partial charge in [0.05, 0.1) is 35.8 Å². The lowest BCUT2D eigenvalue weighted by molar-refractivity contribution is 0.102. The molecule has 0 atom stereocenters. The van der Waals surface area contributed by atoms with Gasteiger partial charge in [-0.25, -0.2) is 9.97 Å². The SMILES string of the molecule is CCOc1cc2nn(C)cc2cc1C(=O)Nc1cnc(Br)nc1. The second kappa shape index (κ2) is 6.33. The van der Waals surface area contributed by atoms with Crippen LogP contribution in [0.2, 0.25) is 0 Å². The molecule has 8 heteroatoms. The number of carbonyl (C=O) groups is 1. The monoisotopic (exact) mass is 375 g/mol. The molecule has 1 aromatic carbocycles. The Kier molecular flexibility index (Phi) is 4.24. The third-order valence-electron chi connectivity index (χ3n) is 3.14. The maximum Gasteiger partial charge on any atom is 0.259 e. The molecule has 0 unspecified atom stereocenters. The van der Waals surface area contributed by atoms with Crippen molar-refractivity contribution in [3.05, 3.63) is 41.0 Å². The summed E-state index contributed by atoms with van der Waals surface area (Å²) in [7, 11) is 1.83. The number of aryl methyl sites for hydroxylation is 1. The van der Waals surface area contributed by atoms with Gasteiger partial charge in [-0.15, -0.1) is 0 Å². The van der Waals surface area contributed by atoms with Crippen LogP contribution in [-0.4, -0.2) is 32.3 Å². The third kappa shape index (κ3) is 3.31. The Morgan fingerprint density at radius 2 is 2.09 bits per heavy atom. The van der Waals surface area contributed by atoms with Crippen molar-refractivity contribution in [2.24, 2.45) is 7.05 Å². The van der Waals surface area contributed by atoms with E-state index in [2.05, 4.69) is 36.3 Å². The van der Waals surface area contributed by atoms with Gasteiger partial charge in [-0.1, -0.05) is 0 Å². The topological polar surface area (TPSA) is 81.9 Å². The fraction of sp³-hybridized carbons (Fsp3) is 0.200. The summed E-state index contributed by atoms with van der Waals surface area (Å²) in [5.41, 5.74) is 1.72. The van der Waals surface area contributed by atoms with E-state index in [0.717, 1.165) is 10.9 Å². The average molecular weight is 376 g/mol. The first-order valence-corrected chi connectivity index (χ1v) is 7.75.